The Kier molecular flexibility index (Phi) is 6.53. The van der Waals surface area contributed by atoms with Gasteiger partial charge in [-0.3, -0.25) is 9.59 Å². The lowest BCUT2D eigenvalue weighted by molar-refractivity contribution is -0.118. The molecule has 3 rings (SSSR count). The molecule has 2 amide bonds. The zero-order chi connectivity index (χ0) is 19.2. The Bertz CT molecular complexity index is 807. The molecule has 1 aliphatic heterocycles. The summed E-state index contributed by atoms with van der Waals surface area (Å²) in [5.41, 5.74) is 7.66. The lowest BCUT2D eigenvalue weighted by Crippen LogP contribution is -2.38. The molecule has 0 fully saturated rings. The van der Waals surface area contributed by atoms with Crippen LogP contribution in [0.15, 0.2) is 53.4 Å². The molecular formula is C21H25N3O2S. The van der Waals surface area contributed by atoms with E-state index in [1.807, 2.05) is 42.3 Å². The summed E-state index contributed by atoms with van der Waals surface area (Å²) < 4.78 is 0. The number of hydrogen-bond acceptors (Lipinski definition) is 4. The molecule has 0 saturated carbocycles. The summed E-state index contributed by atoms with van der Waals surface area (Å²) in [6.45, 7) is 1.71. The molecule has 1 aliphatic rings. The van der Waals surface area contributed by atoms with E-state index < -0.39 is 5.91 Å². The highest BCUT2D eigenvalue weighted by molar-refractivity contribution is 8.00. The summed E-state index contributed by atoms with van der Waals surface area (Å²) in [7, 11) is 1.95. The largest absolute Gasteiger partial charge is 0.366 e. The first kappa shape index (κ1) is 19.5. The summed E-state index contributed by atoms with van der Waals surface area (Å²) >= 11 is 1.57. The van der Waals surface area contributed by atoms with E-state index in [1.54, 1.807) is 23.9 Å². The minimum atomic E-state index is -0.460. The van der Waals surface area contributed by atoms with Crippen LogP contribution >= 0.6 is 11.8 Å². The monoisotopic (exact) mass is 383 g/mol. The summed E-state index contributed by atoms with van der Waals surface area (Å²) in [6.07, 6.45) is 3.16. The van der Waals surface area contributed by atoms with E-state index in [1.165, 1.54) is 0 Å². The van der Waals surface area contributed by atoms with Crippen LogP contribution in [0.3, 0.4) is 0 Å². The van der Waals surface area contributed by atoms with Crippen molar-refractivity contribution in [1.82, 2.24) is 5.32 Å². The van der Waals surface area contributed by atoms with Crippen molar-refractivity contribution < 1.29 is 9.59 Å². The van der Waals surface area contributed by atoms with Crippen LogP contribution in [-0.4, -0.2) is 32.0 Å². The Labute approximate surface area is 164 Å². The Balaban J connectivity index is 1.80. The maximum absolute atomic E-state index is 13.2. The van der Waals surface area contributed by atoms with Crippen molar-refractivity contribution in [2.75, 3.05) is 25.0 Å². The predicted octanol–water partition coefficient (Wildman–Crippen LogP) is 3.36. The van der Waals surface area contributed by atoms with Gasteiger partial charge in [0, 0.05) is 17.0 Å². The average Bonchev–Trinajstić information content (AvgIpc) is 2.69. The molecule has 5 nitrogen and oxygen atoms in total. The third kappa shape index (κ3) is 4.51. The number of unbranched alkanes of at least 4 members (excludes halogenated alkanes) is 2. The molecular weight excluding hydrogens is 358 g/mol. The van der Waals surface area contributed by atoms with Gasteiger partial charge in [0.15, 0.2) is 0 Å². The Morgan fingerprint density at radius 2 is 1.85 bits per heavy atom. The second-order valence-electron chi connectivity index (χ2n) is 6.61. The SMILES string of the molecule is CNCCCCCN1C(=O)C(c2ccc(C(N)=O)cc2)Sc2ccccc21. The van der Waals surface area contributed by atoms with Crippen LogP contribution < -0.4 is 16.0 Å². The smallest absolute Gasteiger partial charge is 0.248 e. The van der Waals surface area contributed by atoms with Crippen molar-refractivity contribution in [3.05, 3.63) is 59.7 Å². The molecule has 0 spiro atoms. The van der Waals surface area contributed by atoms with Crippen molar-refractivity contribution in [3.8, 4) is 0 Å². The van der Waals surface area contributed by atoms with Gasteiger partial charge in [0.25, 0.3) is 0 Å². The number of thioether (sulfide) groups is 1. The molecule has 0 bridgehead atoms. The number of amides is 2. The molecule has 1 unspecified atom stereocenters. The fourth-order valence-electron chi connectivity index (χ4n) is 3.23. The van der Waals surface area contributed by atoms with E-state index in [0.717, 1.165) is 48.5 Å². The van der Waals surface area contributed by atoms with E-state index in [4.69, 9.17) is 5.73 Å². The quantitative estimate of drug-likeness (QED) is 0.686. The number of nitrogens with one attached hydrogen (secondary N) is 1. The molecule has 0 aliphatic carbocycles. The number of nitrogens with zero attached hydrogens (tertiary/aromatic N) is 1. The van der Waals surface area contributed by atoms with Gasteiger partial charge >= 0.3 is 0 Å². The zero-order valence-corrected chi connectivity index (χ0v) is 16.3. The number of primary amides is 1. The van der Waals surface area contributed by atoms with Gasteiger partial charge in [0.05, 0.1) is 5.69 Å². The second kappa shape index (κ2) is 9.06. The number of carbonyl (C=O) groups excluding carboxylic acids is 2. The number of rotatable bonds is 8. The van der Waals surface area contributed by atoms with Gasteiger partial charge in [0.1, 0.15) is 5.25 Å². The molecule has 3 N–H and O–H groups in total. The average molecular weight is 384 g/mol. The third-order valence-corrected chi connectivity index (χ3v) is 6.01. The molecule has 0 aromatic heterocycles. The molecule has 2 aromatic carbocycles. The standard InChI is InChI=1S/C21H25N3O2S/c1-23-13-5-2-6-14-24-17-7-3-4-8-18(17)27-19(21(24)26)15-9-11-16(12-10-15)20(22)25/h3-4,7-12,19,23H,2,5-6,13-14H2,1H3,(H2,22,25). The maximum atomic E-state index is 13.2. The van der Waals surface area contributed by atoms with Crippen molar-refractivity contribution in [2.24, 2.45) is 5.73 Å². The molecule has 1 heterocycles. The van der Waals surface area contributed by atoms with Crippen LogP contribution in [-0.2, 0) is 4.79 Å². The minimum absolute atomic E-state index is 0.0964. The number of fused-ring (bicyclic) bond motifs is 1. The molecule has 27 heavy (non-hydrogen) atoms. The van der Waals surface area contributed by atoms with Gasteiger partial charge in [0.2, 0.25) is 11.8 Å². The van der Waals surface area contributed by atoms with Crippen molar-refractivity contribution in [3.63, 3.8) is 0 Å². The van der Waals surface area contributed by atoms with E-state index in [0.29, 0.717) is 5.56 Å². The van der Waals surface area contributed by atoms with Crippen molar-refractivity contribution in [2.45, 2.75) is 29.4 Å². The van der Waals surface area contributed by atoms with E-state index >= 15 is 0 Å². The first-order valence-electron chi connectivity index (χ1n) is 9.23. The van der Waals surface area contributed by atoms with Crippen molar-refractivity contribution in [1.29, 1.82) is 0 Å². The summed E-state index contributed by atoms with van der Waals surface area (Å²) in [6, 6.07) is 15.1. The Morgan fingerprint density at radius 1 is 1.11 bits per heavy atom. The fraction of sp³-hybridized carbons (Fsp3) is 0.333. The third-order valence-electron chi connectivity index (χ3n) is 4.70. The molecule has 0 saturated heterocycles. The normalized spacial score (nSPS) is 16.3. The highest BCUT2D eigenvalue weighted by atomic mass is 32.2. The van der Waals surface area contributed by atoms with Gasteiger partial charge in [-0.2, -0.15) is 0 Å². The molecule has 142 valence electrons. The van der Waals surface area contributed by atoms with Gasteiger partial charge in [-0.05, 0) is 56.3 Å². The first-order valence-corrected chi connectivity index (χ1v) is 10.1. The molecule has 0 radical (unpaired) electrons. The number of para-hydroxylation sites is 1. The Morgan fingerprint density at radius 3 is 2.56 bits per heavy atom. The van der Waals surface area contributed by atoms with Gasteiger partial charge < -0.3 is 16.0 Å². The maximum Gasteiger partial charge on any atom is 0.248 e. The topological polar surface area (TPSA) is 75.4 Å². The summed E-state index contributed by atoms with van der Waals surface area (Å²) in [5.74, 6) is -0.364. The van der Waals surface area contributed by atoms with Crippen LogP contribution in [0.25, 0.3) is 0 Å². The van der Waals surface area contributed by atoms with Crippen LogP contribution in [0.5, 0.6) is 0 Å². The zero-order valence-electron chi connectivity index (χ0n) is 15.5. The van der Waals surface area contributed by atoms with E-state index in [9.17, 15) is 9.59 Å². The molecule has 2 aromatic rings. The lowest BCUT2D eigenvalue weighted by Gasteiger charge is -2.34. The van der Waals surface area contributed by atoms with Gasteiger partial charge in [-0.25, -0.2) is 0 Å². The fourth-order valence-corrected chi connectivity index (χ4v) is 4.46. The van der Waals surface area contributed by atoms with Crippen LogP contribution in [0.1, 0.15) is 40.4 Å². The number of hydrogen-bond donors (Lipinski definition) is 2. The first-order chi connectivity index (χ1) is 13.1. The van der Waals surface area contributed by atoms with Crippen LogP contribution in [0.2, 0.25) is 0 Å². The highest BCUT2D eigenvalue weighted by Crippen LogP contribution is 2.46. The number of benzene rings is 2. The lowest BCUT2D eigenvalue weighted by atomic mass is 10.1. The highest BCUT2D eigenvalue weighted by Gasteiger charge is 2.34. The Hall–Kier alpha value is -2.31. The van der Waals surface area contributed by atoms with E-state index in [-0.39, 0.29) is 11.2 Å². The van der Waals surface area contributed by atoms with E-state index in [2.05, 4.69) is 11.4 Å². The number of anilines is 1. The van der Waals surface area contributed by atoms with Crippen molar-refractivity contribution >= 4 is 29.3 Å². The minimum Gasteiger partial charge on any atom is -0.366 e. The summed E-state index contributed by atoms with van der Waals surface area (Å²) in [5, 5.41) is 2.85. The summed E-state index contributed by atoms with van der Waals surface area (Å²) in [4.78, 5) is 27.5. The predicted molar refractivity (Wildman–Crippen MR) is 110 cm³/mol. The van der Waals surface area contributed by atoms with Crippen LogP contribution in [0.4, 0.5) is 5.69 Å². The van der Waals surface area contributed by atoms with Crippen LogP contribution in [0, 0.1) is 0 Å². The van der Waals surface area contributed by atoms with Gasteiger partial charge in [-0.1, -0.05) is 30.7 Å². The number of carbonyl (C=O) groups is 2. The second-order valence-corrected chi connectivity index (χ2v) is 7.75. The molecule has 1 atom stereocenters. The molecule has 6 heteroatoms. The number of nitrogens with two attached hydrogens (primary N) is 1. The van der Waals surface area contributed by atoms with Gasteiger partial charge in [-0.15, -0.1) is 11.8 Å².